The fraction of sp³-hybridized carbons (Fsp3) is 0.400. The zero-order chi connectivity index (χ0) is 23.5. The summed E-state index contributed by atoms with van der Waals surface area (Å²) >= 11 is 7.67. The lowest BCUT2D eigenvalue weighted by atomic mass is 10.0. The largest absolute Gasteiger partial charge is 0.347 e. The Morgan fingerprint density at radius 2 is 1.85 bits per heavy atom. The second-order valence-corrected chi connectivity index (χ2v) is 9.97. The van der Waals surface area contributed by atoms with E-state index in [1.807, 2.05) is 35.2 Å². The second kappa shape index (κ2) is 10.1. The van der Waals surface area contributed by atoms with E-state index in [1.54, 1.807) is 22.8 Å². The van der Waals surface area contributed by atoms with E-state index in [1.165, 1.54) is 11.8 Å². The van der Waals surface area contributed by atoms with E-state index in [2.05, 4.69) is 0 Å². The first-order valence-corrected chi connectivity index (χ1v) is 12.9. The summed E-state index contributed by atoms with van der Waals surface area (Å²) in [6, 6.07) is 14.5. The fourth-order valence-electron chi connectivity index (χ4n) is 4.48. The van der Waals surface area contributed by atoms with Gasteiger partial charge in [0.1, 0.15) is 0 Å². The van der Waals surface area contributed by atoms with Gasteiger partial charge in [0.25, 0.3) is 5.56 Å². The number of carbonyl (C=O) groups excluding carboxylic acids is 1. The molecule has 178 valence electrons. The molecule has 2 aromatic carbocycles. The van der Waals surface area contributed by atoms with Crippen molar-refractivity contribution in [1.82, 2.24) is 14.5 Å². The second-order valence-electron chi connectivity index (χ2n) is 8.47. The van der Waals surface area contributed by atoms with Crippen LogP contribution < -0.4 is 5.56 Å². The van der Waals surface area contributed by atoms with Crippen molar-refractivity contribution in [2.75, 3.05) is 32.1 Å². The average Bonchev–Trinajstić information content (AvgIpc) is 3.30. The molecule has 2 aliphatic rings. The summed E-state index contributed by atoms with van der Waals surface area (Å²) in [5.74, 6) is 0.339. The first-order chi connectivity index (χ1) is 16.5. The molecule has 0 aliphatic carbocycles. The maximum Gasteiger partial charge on any atom is 0.266 e. The normalized spacial score (nSPS) is 17.5. The van der Waals surface area contributed by atoms with Gasteiger partial charge in [-0.2, -0.15) is 0 Å². The average molecular weight is 500 g/mol. The van der Waals surface area contributed by atoms with E-state index in [-0.39, 0.29) is 11.5 Å². The van der Waals surface area contributed by atoms with Gasteiger partial charge in [-0.1, -0.05) is 41.6 Å². The van der Waals surface area contributed by atoms with Crippen LogP contribution in [0.3, 0.4) is 0 Å². The molecule has 0 radical (unpaired) electrons. The van der Waals surface area contributed by atoms with E-state index in [9.17, 15) is 9.59 Å². The molecular formula is C25H26ClN3O4S. The molecule has 1 aromatic heterocycles. The summed E-state index contributed by atoms with van der Waals surface area (Å²) in [5, 5.41) is 1.70. The van der Waals surface area contributed by atoms with Crippen LogP contribution in [0, 0.1) is 0 Å². The zero-order valence-electron chi connectivity index (χ0n) is 18.7. The number of likely N-dealkylation sites (tertiary alicyclic amines) is 1. The smallest absolute Gasteiger partial charge is 0.266 e. The molecule has 2 fully saturated rings. The summed E-state index contributed by atoms with van der Waals surface area (Å²) in [7, 11) is 0. The van der Waals surface area contributed by atoms with Gasteiger partial charge in [0, 0.05) is 43.1 Å². The van der Waals surface area contributed by atoms with Crippen LogP contribution in [-0.4, -0.2) is 58.2 Å². The van der Waals surface area contributed by atoms with Gasteiger partial charge >= 0.3 is 0 Å². The third kappa shape index (κ3) is 4.86. The van der Waals surface area contributed by atoms with Crippen LogP contribution in [0.25, 0.3) is 16.6 Å². The van der Waals surface area contributed by atoms with Gasteiger partial charge in [-0.05, 0) is 36.8 Å². The Morgan fingerprint density at radius 3 is 2.62 bits per heavy atom. The molecule has 0 atom stereocenters. The SMILES string of the molecule is O=C(CCCSc1nc2ccccc2c(=O)n1-c1cccc(Cl)c1)N1CCC2(CC1)OCCO2. The van der Waals surface area contributed by atoms with Crippen molar-refractivity contribution in [1.29, 1.82) is 0 Å². The minimum atomic E-state index is -0.474. The van der Waals surface area contributed by atoms with Crippen molar-refractivity contribution in [3.8, 4) is 5.69 Å². The number of hydrogen-bond acceptors (Lipinski definition) is 6. The molecule has 3 aromatic rings. The number of ether oxygens (including phenoxy) is 2. The number of fused-ring (bicyclic) bond motifs is 1. The van der Waals surface area contributed by atoms with E-state index in [0.29, 0.717) is 71.7 Å². The minimum absolute atomic E-state index is 0.134. The standard InChI is InChI=1S/C25H26ClN3O4S/c26-18-5-3-6-19(17-18)29-23(31)20-7-1-2-8-21(20)27-24(29)34-16-4-9-22(30)28-12-10-25(11-13-28)32-14-15-33-25/h1-3,5-8,17H,4,9-16H2. The number of piperidine rings is 1. The molecule has 5 rings (SSSR count). The summed E-state index contributed by atoms with van der Waals surface area (Å²) in [4.78, 5) is 32.7. The van der Waals surface area contributed by atoms with Gasteiger partial charge in [-0.15, -0.1) is 0 Å². The molecule has 1 amide bonds. The topological polar surface area (TPSA) is 73.7 Å². The lowest BCUT2D eigenvalue weighted by Crippen LogP contribution is -2.47. The van der Waals surface area contributed by atoms with Gasteiger partial charge in [0.05, 0.1) is 29.8 Å². The highest BCUT2D eigenvalue weighted by atomic mass is 35.5. The Morgan fingerprint density at radius 1 is 1.09 bits per heavy atom. The number of hydrogen-bond donors (Lipinski definition) is 0. The van der Waals surface area contributed by atoms with Gasteiger partial charge in [0.15, 0.2) is 10.9 Å². The molecule has 7 nitrogen and oxygen atoms in total. The molecule has 0 bridgehead atoms. The number of thioether (sulfide) groups is 1. The number of para-hydroxylation sites is 1. The summed E-state index contributed by atoms with van der Waals surface area (Å²) in [6.45, 7) is 2.58. The maximum absolute atomic E-state index is 13.3. The predicted octanol–water partition coefficient (Wildman–Crippen LogP) is 4.28. The Bertz CT molecular complexity index is 1250. The molecule has 9 heteroatoms. The monoisotopic (exact) mass is 499 g/mol. The van der Waals surface area contributed by atoms with E-state index in [0.717, 1.165) is 12.8 Å². The van der Waals surface area contributed by atoms with Crippen molar-refractivity contribution >= 4 is 40.2 Å². The number of aromatic nitrogens is 2. The number of nitrogens with zero attached hydrogens (tertiary/aromatic N) is 3. The maximum atomic E-state index is 13.3. The molecule has 1 spiro atoms. The Balaban J connectivity index is 1.25. The Labute approximate surface area is 207 Å². The minimum Gasteiger partial charge on any atom is -0.347 e. The summed E-state index contributed by atoms with van der Waals surface area (Å²) < 4.78 is 13.1. The summed E-state index contributed by atoms with van der Waals surface area (Å²) in [5.41, 5.74) is 1.20. The van der Waals surface area contributed by atoms with Crippen molar-refractivity contribution < 1.29 is 14.3 Å². The Kier molecular flexibility index (Phi) is 6.92. The number of amides is 1. The van der Waals surface area contributed by atoms with Crippen molar-refractivity contribution in [3.63, 3.8) is 0 Å². The van der Waals surface area contributed by atoms with Crippen molar-refractivity contribution in [3.05, 3.63) is 63.9 Å². The lowest BCUT2D eigenvalue weighted by Gasteiger charge is -2.37. The molecular weight excluding hydrogens is 474 g/mol. The molecule has 34 heavy (non-hydrogen) atoms. The van der Waals surface area contributed by atoms with Gasteiger partial charge < -0.3 is 14.4 Å². The number of halogens is 1. The van der Waals surface area contributed by atoms with Crippen LogP contribution in [0.5, 0.6) is 0 Å². The van der Waals surface area contributed by atoms with Crippen LogP contribution in [0.4, 0.5) is 0 Å². The van der Waals surface area contributed by atoms with Crippen LogP contribution in [-0.2, 0) is 14.3 Å². The molecule has 0 unspecified atom stereocenters. The highest BCUT2D eigenvalue weighted by molar-refractivity contribution is 7.99. The quantitative estimate of drug-likeness (QED) is 0.286. The lowest BCUT2D eigenvalue weighted by molar-refractivity contribution is -0.187. The van der Waals surface area contributed by atoms with E-state index < -0.39 is 5.79 Å². The molecule has 3 heterocycles. The van der Waals surface area contributed by atoms with Crippen LogP contribution in [0.1, 0.15) is 25.7 Å². The van der Waals surface area contributed by atoms with E-state index in [4.69, 9.17) is 26.1 Å². The fourth-order valence-corrected chi connectivity index (χ4v) is 5.62. The molecule has 2 saturated heterocycles. The zero-order valence-corrected chi connectivity index (χ0v) is 20.3. The molecule has 0 saturated carbocycles. The van der Waals surface area contributed by atoms with Crippen LogP contribution in [0.15, 0.2) is 58.5 Å². The molecule has 2 aliphatic heterocycles. The van der Waals surface area contributed by atoms with E-state index >= 15 is 0 Å². The Hall–Kier alpha value is -2.39. The van der Waals surface area contributed by atoms with Gasteiger partial charge in [-0.25, -0.2) is 4.98 Å². The number of rotatable bonds is 6. The number of carbonyl (C=O) groups is 1. The van der Waals surface area contributed by atoms with Gasteiger partial charge in [0.2, 0.25) is 5.91 Å². The number of benzene rings is 2. The van der Waals surface area contributed by atoms with Crippen LogP contribution in [0.2, 0.25) is 5.02 Å². The van der Waals surface area contributed by atoms with Crippen molar-refractivity contribution in [2.45, 2.75) is 36.6 Å². The highest BCUT2D eigenvalue weighted by Crippen LogP contribution is 2.31. The first kappa shape index (κ1) is 23.4. The third-order valence-electron chi connectivity index (χ3n) is 6.27. The highest BCUT2D eigenvalue weighted by Gasteiger charge is 2.40. The summed E-state index contributed by atoms with van der Waals surface area (Å²) in [6.07, 6.45) is 2.59. The first-order valence-electron chi connectivity index (χ1n) is 11.5. The molecule has 0 N–H and O–H groups in total. The van der Waals surface area contributed by atoms with Gasteiger partial charge in [-0.3, -0.25) is 14.2 Å². The van der Waals surface area contributed by atoms with Crippen LogP contribution >= 0.6 is 23.4 Å². The third-order valence-corrected chi connectivity index (χ3v) is 7.53. The van der Waals surface area contributed by atoms with Crippen molar-refractivity contribution in [2.24, 2.45) is 0 Å². The predicted molar refractivity (Wildman–Crippen MR) is 133 cm³/mol.